The molecule has 0 saturated carbocycles. The van der Waals surface area contributed by atoms with E-state index in [0.717, 1.165) is 22.1 Å². The molecule has 0 unspecified atom stereocenters. The number of hydrogen-bond donors (Lipinski definition) is 0. The van der Waals surface area contributed by atoms with Crippen molar-refractivity contribution in [2.24, 2.45) is 0 Å². The van der Waals surface area contributed by atoms with Gasteiger partial charge in [0.1, 0.15) is 24.5 Å². The Kier molecular flexibility index (Phi) is 7.25. The molecule has 2 aromatic carbocycles. The maximum Gasteiger partial charge on any atom is 0.336 e. The highest BCUT2D eigenvalue weighted by atomic mass is 16.6. The lowest BCUT2D eigenvalue weighted by Gasteiger charge is -2.14. The van der Waals surface area contributed by atoms with Gasteiger partial charge < -0.3 is 18.6 Å². The van der Waals surface area contributed by atoms with Gasteiger partial charge in [0.15, 0.2) is 0 Å². The standard InChI is InChI=1S/C24H26O6/c1-16-4-6-18(7-5-16)15-29-21-14-22-20(17(2)12-24(26)30-22)13-19(21)8-9-23(25)28-11-10-27-3/h4-7,12-14H,8-11,15H2,1-3H3. The van der Waals surface area contributed by atoms with Crippen molar-refractivity contribution in [2.75, 3.05) is 20.3 Å². The van der Waals surface area contributed by atoms with E-state index < -0.39 is 5.63 Å². The Morgan fingerprint density at radius 1 is 1.03 bits per heavy atom. The van der Waals surface area contributed by atoms with Crippen molar-refractivity contribution in [3.8, 4) is 5.75 Å². The van der Waals surface area contributed by atoms with Crippen LogP contribution in [0.15, 0.2) is 51.7 Å². The third-order valence-electron chi connectivity index (χ3n) is 4.80. The maximum atomic E-state index is 12.0. The van der Waals surface area contributed by atoms with Gasteiger partial charge in [-0.2, -0.15) is 0 Å². The Hall–Kier alpha value is -3.12. The molecule has 0 aliphatic carbocycles. The van der Waals surface area contributed by atoms with Crippen LogP contribution in [0.3, 0.4) is 0 Å². The molecule has 6 nitrogen and oxygen atoms in total. The summed E-state index contributed by atoms with van der Waals surface area (Å²) >= 11 is 0. The summed E-state index contributed by atoms with van der Waals surface area (Å²) in [5.41, 5.74) is 3.93. The van der Waals surface area contributed by atoms with Gasteiger partial charge in [-0.05, 0) is 43.0 Å². The molecule has 0 atom stereocenters. The number of hydrogen-bond acceptors (Lipinski definition) is 6. The second-order valence-electron chi connectivity index (χ2n) is 7.19. The lowest BCUT2D eigenvalue weighted by atomic mass is 10.0. The fourth-order valence-electron chi connectivity index (χ4n) is 3.11. The van der Waals surface area contributed by atoms with Crippen LogP contribution in [0.1, 0.15) is 28.7 Å². The van der Waals surface area contributed by atoms with E-state index in [4.69, 9.17) is 18.6 Å². The SMILES string of the molecule is COCCOC(=O)CCc1cc2c(C)cc(=O)oc2cc1OCc1ccc(C)cc1. The molecule has 1 heterocycles. The number of rotatable bonds is 9. The van der Waals surface area contributed by atoms with Gasteiger partial charge in [0, 0.05) is 31.0 Å². The average Bonchev–Trinajstić information content (AvgIpc) is 2.72. The first-order valence-corrected chi connectivity index (χ1v) is 9.86. The van der Waals surface area contributed by atoms with Crippen LogP contribution in [0.4, 0.5) is 0 Å². The molecule has 158 valence electrons. The summed E-state index contributed by atoms with van der Waals surface area (Å²) in [4.78, 5) is 23.8. The molecule has 1 aromatic heterocycles. The Balaban J connectivity index is 1.83. The molecule has 30 heavy (non-hydrogen) atoms. The molecule has 0 amide bonds. The zero-order valence-corrected chi connectivity index (χ0v) is 17.5. The highest BCUT2D eigenvalue weighted by molar-refractivity contribution is 5.83. The van der Waals surface area contributed by atoms with Gasteiger partial charge >= 0.3 is 11.6 Å². The number of methoxy groups -OCH3 is 1. The molecule has 0 bridgehead atoms. The molecular weight excluding hydrogens is 384 g/mol. The topological polar surface area (TPSA) is 75.0 Å². The first-order valence-electron chi connectivity index (χ1n) is 9.86. The summed E-state index contributed by atoms with van der Waals surface area (Å²) in [6, 6.07) is 13.2. The quantitative estimate of drug-likeness (QED) is 0.300. The first-order chi connectivity index (χ1) is 14.5. The molecule has 0 radical (unpaired) electrons. The summed E-state index contributed by atoms with van der Waals surface area (Å²) in [6.45, 7) is 4.85. The van der Waals surface area contributed by atoms with Crippen molar-refractivity contribution in [2.45, 2.75) is 33.3 Å². The Labute approximate surface area is 175 Å². The van der Waals surface area contributed by atoms with Crippen LogP contribution in [0.25, 0.3) is 11.0 Å². The number of fused-ring (bicyclic) bond motifs is 1. The average molecular weight is 410 g/mol. The van der Waals surface area contributed by atoms with Gasteiger partial charge in [-0.3, -0.25) is 4.79 Å². The van der Waals surface area contributed by atoms with Gasteiger partial charge in [-0.25, -0.2) is 4.79 Å². The van der Waals surface area contributed by atoms with Crippen LogP contribution in [0.2, 0.25) is 0 Å². The number of carbonyl (C=O) groups excluding carboxylic acids is 1. The van der Waals surface area contributed by atoms with Crippen LogP contribution in [-0.2, 0) is 27.3 Å². The second-order valence-corrected chi connectivity index (χ2v) is 7.19. The van der Waals surface area contributed by atoms with Crippen LogP contribution < -0.4 is 10.4 Å². The smallest absolute Gasteiger partial charge is 0.336 e. The van der Waals surface area contributed by atoms with Crippen molar-refractivity contribution in [3.63, 3.8) is 0 Å². The summed E-state index contributed by atoms with van der Waals surface area (Å²) in [6.07, 6.45) is 0.662. The largest absolute Gasteiger partial charge is 0.488 e. The lowest BCUT2D eigenvalue weighted by molar-refractivity contribution is -0.144. The first kappa shape index (κ1) is 21.6. The number of esters is 1. The van der Waals surface area contributed by atoms with E-state index in [2.05, 4.69) is 0 Å². The van der Waals surface area contributed by atoms with Crippen molar-refractivity contribution in [1.82, 2.24) is 0 Å². The summed E-state index contributed by atoms with van der Waals surface area (Å²) in [5.74, 6) is 0.287. The highest BCUT2D eigenvalue weighted by Gasteiger charge is 2.13. The lowest BCUT2D eigenvalue weighted by Crippen LogP contribution is -2.11. The maximum absolute atomic E-state index is 12.0. The van der Waals surface area contributed by atoms with Crippen molar-refractivity contribution in [1.29, 1.82) is 0 Å². The van der Waals surface area contributed by atoms with E-state index in [-0.39, 0.29) is 19.0 Å². The molecule has 0 spiro atoms. The minimum atomic E-state index is -0.404. The van der Waals surface area contributed by atoms with Crippen LogP contribution in [-0.4, -0.2) is 26.3 Å². The molecule has 6 heteroatoms. The Bertz CT molecular complexity index is 1070. The number of ether oxygens (including phenoxy) is 3. The van der Waals surface area contributed by atoms with Gasteiger partial charge in [0.2, 0.25) is 0 Å². The van der Waals surface area contributed by atoms with Crippen LogP contribution in [0.5, 0.6) is 5.75 Å². The predicted molar refractivity (Wildman–Crippen MR) is 114 cm³/mol. The van der Waals surface area contributed by atoms with Crippen molar-refractivity contribution >= 4 is 16.9 Å². The number of benzene rings is 2. The molecule has 0 fully saturated rings. The van der Waals surface area contributed by atoms with Crippen LogP contribution >= 0.6 is 0 Å². The monoisotopic (exact) mass is 410 g/mol. The fourth-order valence-corrected chi connectivity index (χ4v) is 3.11. The fraction of sp³-hybridized carbons (Fsp3) is 0.333. The van der Waals surface area contributed by atoms with E-state index in [9.17, 15) is 9.59 Å². The number of aryl methyl sites for hydroxylation is 3. The third kappa shape index (κ3) is 5.70. The Morgan fingerprint density at radius 3 is 2.53 bits per heavy atom. The van der Waals surface area contributed by atoms with E-state index >= 15 is 0 Å². The molecule has 3 aromatic rings. The summed E-state index contributed by atoms with van der Waals surface area (Å²) < 4.78 is 21.4. The molecule has 3 rings (SSSR count). The molecule has 0 N–H and O–H groups in total. The molecule has 0 aliphatic heterocycles. The minimum absolute atomic E-state index is 0.214. The zero-order valence-electron chi connectivity index (χ0n) is 17.5. The second kappa shape index (κ2) is 10.1. The van der Waals surface area contributed by atoms with Crippen molar-refractivity contribution < 1.29 is 23.4 Å². The summed E-state index contributed by atoms with van der Waals surface area (Å²) in [7, 11) is 1.56. The van der Waals surface area contributed by atoms with Gasteiger partial charge in [-0.15, -0.1) is 0 Å². The number of carbonyl (C=O) groups is 1. The van der Waals surface area contributed by atoms with Gasteiger partial charge in [-0.1, -0.05) is 29.8 Å². The molecule has 0 aliphatic rings. The van der Waals surface area contributed by atoms with Crippen molar-refractivity contribution in [3.05, 3.63) is 75.1 Å². The van der Waals surface area contributed by atoms with Gasteiger partial charge in [0.05, 0.1) is 6.61 Å². The van der Waals surface area contributed by atoms with Crippen LogP contribution in [0, 0.1) is 13.8 Å². The third-order valence-corrected chi connectivity index (χ3v) is 4.80. The summed E-state index contributed by atoms with van der Waals surface area (Å²) in [5, 5.41) is 0.819. The van der Waals surface area contributed by atoms with E-state index in [1.165, 1.54) is 11.6 Å². The zero-order chi connectivity index (χ0) is 21.5. The van der Waals surface area contributed by atoms with E-state index in [0.29, 0.717) is 31.0 Å². The highest BCUT2D eigenvalue weighted by Crippen LogP contribution is 2.29. The van der Waals surface area contributed by atoms with E-state index in [1.807, 2.05) is 44.2 Å². The van der Waals surface area contributed by atoms with E-state index in [1.54, 1.807) is 13.2 Å². The van der Waals surface area contributed by atoms with Gasteiger partial charge in [0.25, 0.3) is 0 Å². The minimum Gasteiger partial charge on any atom is -0.488 e. The normalized spacial score (nSPS) is 10.9. The molecular formula is C24H26O6. The molecule has 0 saturated heterocycles. The Morgan fingerprint density at radius 2 is 1.80 bits per heavy atom. The predicted octanol–water partition coefficient (Wildman–Crippen LogP) is 4.11.